The van der Waals surface area contributed by atoms with E-state index in [1.807, 2.05) is 0 Å². The van der Waals surface area contributed by atoms with E-state index in [4.69, 9.17) is 4.74 Å². The molecule has 1 N–H and O–H groups in total. The van der Waals surface area contributed by atoms with E-state index in [1.54, 1.807) is 0 Å². The van der Waals surface area contributed by atoms with Crippen molar-refractivity contribution in [1.29, 1.82) is 0 Å². The van der Waals surface area contributed by atoms with E-state index in [2.05, 4.69) is 46.4 Å². The molecule has 0 bridgehead atoms. The van der Waals surface area contributed by atoms with Crippen LogP contribution in [0.25, 0.3) is 0 Å². The fourth-order valence-corrected chi connectivity index (χ4v) is 3.79. The summed E-state index contributed by atoms with van der Waals surface area (Å²) in [6, 6.07) is 9.00. The Bertz CT molecular complexity index is 552. The van der Waals surface area contributed by atoms with Gasteiger partial charge in [0, 0.05) is 44.3 Å². The lowest BCUT2D eigenvalue weighted by molar-refractivity contribution is -0.122. The van der Waals surface area contributed by atoms with Gasteiger partial charge in [0.2, 0.25) is 5.91 Å². The predicted molar refractivity (Wildman–Crippen MR) is 101 cm³/mol. The molecule has 0 unspecified atom stereocenters. The van der Waals surface area contributed by atoms with Crippen molar-refractivity contribution in [2.75, 3.05) is 44.8 Å². The minimum atomic E-state index is 0.195. The molecule has 1 aliphatic carbocycles. The normalized spacial score (nSPS) is 18.7. The molecule has 0 atom stereocenters. The van der Waals surface area contributed by atoms with Gasteiger partial charge < -0.3 is 19.9 Å². The number of rotatable bonds is 7. The minimum Gasteiger partial charge on any atom is -0.378 e. The van der Waals surface area contributed by atoms with Gasteiger partial charge in [0.1, 0.15) is 0 Å². The molecule has 1 saturated heterocycles. The van der Waals surface area contributed by atoms with E-state index in [1.165, 1.54) is 24.1 Å². The fourth-order valence-electron chi connectivity index (χ4n) is 3.79. The Hall–Kier alpha value is -1.59. The highest BCUT2D eigenvalue weighted by Crippen LogP contribution is 2.23. The van der Waals surface area contributed by atoms with Crippen LogP contribution in [-0.2, 0) is 16.1 Å². The van der Waals surface area contributed by atoms with Crippen LogP contribution in [0.3, 0.4) is 0 Å². The molecule has 1 aliphatic heterocycles. The van der Waals surface area contributed by atoms with Crippen LogP contribution in [0.4, 0.5) is 5.69 Å². The van der Waals surface area contributed by atoms with Crippen LogP contribution >= 0.6 is 0 Å². The van der Waals surface area contributed by atoms with Gasteiger partial charge in [0.05, 0.1) is 13.2 Å². The van der Waals surface area contributed by atoms with Crippen molar-refractivity contribution in [2.24, 2.45) is 0 Å². The first kappa shape index (κ1) is 18.2. The molecule has 1 saturated carbocycles. The molecule has 0 aromatic heterocycles. The molecule has 138 valence electrons. The summed E-state index contributed by atoms with van der Waals surface area (Å²) in [5, 5.41) is 3.17. The van der Waals surface area contributed by atoms with Gasteiger partial charge in [-0.1, -0.05) is 31.0 Å². The quantitative estimate of drug-likeness (QED) is 0.824. The van der Waals surface area contributed by atoms with Gasteiger partial charge >= 0.3 is 0 Å². The molecule has 0 spiro atoms. The number of carbonyl (C=O) groups excluding carboxylic acids is 1. The van der Waals surface area contributed by atoms with Crippen LogP contribution in [0.2, 0.25) is 0 Å². The lowest BCUT2D eigenvalue weighted by atomic mass is 10.1. The van der Waals surface area contributed by atoms with Crippen molar-refractivity contribution >= 4 is 11.6 Å². The molecule has 1 heterocycles. The van der Waals surface area contributed by atoms with E-state index in [-0.39, 0.29) is 5.91 Å². The van der Waals surface area contributed by atoms with Crippen molar-refractivity contribution in [3.05, 3.63) is 29.8 Å². The first-order valence-corrected chi connectivity index (χ1v) is 9.61. The Kier molecular flexibility index (Phi) is 6.70. The predicted octanol–water partition coefficient (Wildman–Crippen LogP) is 2.40. The molecular formula is C20H31N3O2. The third-order valence-corrected chi connectivity index (χ3v) is 5.22. The van der Waals surface area contributed by atoms with Crippen LogP contribution in [0, 0.1) is 0 Å². The highest BCUT2D eigenvalue weighted by molar-refractivity contribution is 5.76. The fraction of sp³-hybridized carbons (Fsp3) is 0.650. The monoisotopic (exact) mass is 345 g/mol. The summed E-state index contributed by atoms with van der Waals surface area (Å²) in [6.45, 7) is 5.15. The highest BCUT2D eigenvalue weighted by atomic mass is 16.5. The standard InChI is InChI=1S/C20H31N3O2/c1-22(11-10-20(24)21-18-7-3-4-8-18)16-17-6-2-5-9-19(17)23-12-14-25-15-13-23/h2,5-6,9,18H,3-4,7-8,10-16H2,1H3,(H,21,24). The summed E-state index contributed by atoms with van der Waals surface area (Å²) in [7, 11) is 2.10. The van der Waals surface area contributed by atoms with E-state index in [0.29, 0.717) is 12.5 Å². The number of amides is 1. The first-order valence-electron chi connectivity index (χ1n) is 9.61. The second-order valence-electron chi connectivity index (χ2n) is 7.26. The Balaban J connectivity index is 1.48. The lowest BCUT2D eigenvalue weighted by Crippen LogP contribution is -2.37. The first-order chi connectivity index (χ1) is 12.2. The molecule has 25 heavy (non-hydrogen) atoms. The number of benzene rings is 1. The van der Waals surface area contributed by atoms with Crippen LogP contribution in [-0.4, -0.2) is 56.7 Å². The molecule has 5 heteroatoms. The zero-order valence-electron chi connectivity index (χ0n) is 15.4. The van der Waals surface area contributed by atoms with Gasteiger partial charge in [0.15, 0.2) is 0 Å². The number of hydrogen-bond donors (Lipinski definition) is 1. The van der Waals surface area contributed by atoms with Crippen molar-refractivity contribution in [2.45, 2.75) is 44.7 Å². The third kappa shape index (κ3) is 5.44. The van der Waals surface area contributed by atoms with Crippen LogP contribution in [0.5, 0.6) is 0 Å². The number of carbonyl (C=O) groups is 1. The maximum Gasteiger partial charge on any atom is 0.221 e. The summed E-state index contributed by atoms with van der Waals surface area (Å²) in [6.07, 6.45) is 5.38. The largest absolute Gasteiger partial charge is 0.378 e. The van der Waals surface area contributed by atoms with Gasteiger partial charge in [-0.3, -0.25) is 4.79 Å². The molecule has 1 amide bonds. The van der Waals surface area contributed by atoms with Crippen molar-refractivity contribution in [1.82, 2.24) is 10.2 Å². The number of anilines is 1. The number of morpholine rings is 1. The highest BCUT2D eigenvalue weighted by Gasteiger charge is 2.18. The zero-order chi connectivity index (χ0) is 17.5. The summed E-state index contributed by atoms with van der Waals surface area (Å²) >= 11 is 0. The lowest BCUT2D eigenvalue weighted by Gasteiger charge is -2.31. The SMILES string of the molecule is CN(CCC(=O)NC1CCCC1)Cc1ccccc1N1CCOCC1. The van der Waals surface area contributed by atoms with Crippen molar-refractivity contribution in [3.63, 3.8) is 0 Å². The topological polar surface area (TPSA) is 44.8 Å². The van der Waals surface area contributed by atoms with Crippen LogP contribution in [0.15, 0.2) is 24.3 Å². The molecule has 3 rings (SSSR count). The van der Waals surface area contributed by atoms with Gasteiger partial charge in [-0.05, 0) is 31.5 Å². The second-order valence-corrected chi connectivity index (χ2v) is 7.26. The molecular weight excluding hydrogens is 314 g/mol. The summed E-state index contributed by atoms with van der Waals surface area (Å²) in [5.41, 5.74) is 2.62. The number of ether oxygens (including phenoxy) is 1. The number of nitrogens with zero attached hydrogens (tertiary/aromatic N) is 2. The minimum absolute atomic E-state index is 0.195. The van der Waals surface area contributed by atoms with Gasteiger partial charge in [-0.2, -0.15) is 0 Å². The number of para-hydroxylation sites is 1. The average molecular weight is 345 g/mol. The van der Waals surface area contributed by atoms with Crippen molar-refractivity contribution < 1.29 is 9.53 Å². The molecule has 2 fully saturated rings. The second kappa shape index (κ2) is 9.20. The molecule has 5 nitrogen and oxygen atoms in total. The summed E-state index contributed by atoms with van der Waals surface area (Å²) in [4.78, 5) is 16.8. The molecule has 1 aromatic carbocycles. The average Bonchev–Trinajstić information content (AvgIpc) is 3.14. The molecule has 0 radical (unpaired) electrons. The third-order valence-electron chi connectivity index (χ3n) is 5.22. The van der Waals surface area contributed by atoms with E-state index < -0.39 is 0 Å². The smallest absolute Gasteiger partial charge is 0.221 e. The maximum atomic E-state index is 12.1. The van der Waals surface area contributed by atoms with E-state index >= 15 is 0 Å². The zero-order valence-corrected chi connectivity index (χ0v) is 15.4. The van der Waals surface area contributed by atoms with Crippen LogP contribution < -0.4 is 10.2 Å². The van der Waals surface area contributed by atoms with Crippen molar-refractivity contribution in [3.8, 4) is 0 Å². The Morgan fingerprint density at radius 1 is 1.24 bits per heavy atom. The summed E-state index contributed by atoms with van der Waals surface area (Å²) < 4.78 is 5.47. The van der Waals surface area contributed by atoms with E-state index in [9.17, 15) is 4.79 Å². The van der Waals surface area contributed by atoms with Crippen LogP contribution in [0.1, 0.15) is 37.7 Å². The number of hydrogen-bond acceptors (Lipinski definition) is 4. The van der Waals surface area contributed by atoms with Gasteiger partial charge in [-0.25, -0.2) is 0 Å². The van der Waals surface area contributed by atoms with E-state index in [0.717, 1.165) is 52.2 Å². The Morgan fingerprint density at radius 2 is 1.96 bits per heavy atom. The Labute approximate surface area is 151 Å². The Morgan fingerprint density at radius 3 is 2.72 bits per heavy atom. The molecule has 1 aromatic rings. The number of nitrogens with one attached hydrogen (secondary N) is 1. The van der Waals surface area contributed by atoms with Gasteiger partial charge in [0.25, 0.3) is 0 Å². The maximum absolute atomic E-state index is 12.1. The summed E-state index contributed by atoms with van der Waals surface area (Å²) in [5.74, 6) is 0.195. The molecule has 2 aliphatic rings. The van der Waals surface area contributed by atoms with Gasteiger partial charge in [-0.15, -0.1) is 0 Å².